The van der Waals surface area contributed by atoms with E-state index in [4.69, 9.17) is 5.73 Å². The summed E-state index contributed by atoms with van der Waals surface area (Å²) in [7, 11) is -3.38. The number of hydrogen-bond acceptors (Lipinski definition) is 4. The van der Waals surface area contributed by atoms with E-state index in [1.165, 1.54) is 17.8 Å². The van der Waals surface area contributed by atoms with Gasteiger partial charge in [0.05, 0.1) is 0 Å². The summed E-state index contributed by atoms with van der Waals surface area (Å²) in [5.74, 6) is 1.17. The van der Waals surface area contributed by atoms with Gasteiger partial charge in [0, 0.05) is 17.5 Å². The third kappa shape index (κ3) is 3.78. The highest BCUT2D eigenvalue weighted by Crippen LogP contribution is 2.30. The summed E-state index contributed by atoms with van der Waals surface area (Å²) >= 11 is 1.25. The van der Waals surface area contributed by atoms with Crippen molar-refractivity contribution in [3.8, 4) is 0 Å². The molecule has 1 aliphatic carbocycles. The molecule has 0 amide bonds. The van der Waals surface area contributed by atoms with Crippen LogP contribution in [0, 0.1) is 11.8 Å². The summed E-state index contributed by atoms with van der Waals surface area (Å²) in [6, 6.07) is 3.49. The second-order valence-electron chi connectivity index (χ2n) is 5.66. The van der Waals surface area contributed by atoms with Crippen LogP contribution < -0.4 is 10.5 Å². The van der Waals surface area contributed by atoms with Crippen LogP contribution in [-0.2, 0) is 16.6 Å². The zero-order chi connectivity index (χ0) is 14.0. The van der Waals surface area contributed by atoms with Gasteiger partial charge in [-0.25, -0.2) is 13.1 Å². The third-order valence-corrected chi connectivity index (χ3v) is 6.72. The Morgan fingerprint density at radius 1 is 1.26 bits per heavy atom. The Labute approximate surface area is 119 Å². The lowest BCUT2D eigenvalue weighted by molar-refractivity contribution is 0.258. The van der Waals surface area contributed by atoms with Crippen LogP contribution in [-0.4, -0.2) is 14.5 Å². The molecule has 4 nitrogen and oxygen atoms in total. The number of thiophene rings is 1. The molecule has 1 fully saturated rings. The van der Waals surface area contributed by atoms with Crippen molar-refractivity contribution < 1.29 is 8.42 Å². The maximum absolute atomic E-state index is 12.3. The zero-order valence-corrected chi connectivity index (χ0v) is 13.1. The molecule has 1 heterocycles. The second-order valence-corrected chi connectivity index (χ2v) is 8.77. The van der Waals surface area contributed by atoms with Crippen LogP contribution in [0.2, 0.25) is 0 Å². The number of hydrogen-bond donors (Lipinski definition) is 2. The minimum absolute atomic E-state index is 0.0622. The molecule has 0 spiro atoms. The fourth-order valence-electron chi connectivity index (χ4n) is 2.93. The van der Waals surface area contributed by atoms with Crippen LogP contribution in [0.25, 0.3) is 0 Å². The number of nitrogens with two attached hydrogens (primary N) is 1. The van der Waals surface area contributed by atoms with E-state index < -0.39 is 10.0 Å². The molecule has 3 N–H and O–H groups in total. The first-order valence-corrected chi connectivity index (χ1v) is 9.01. The lowest BCUT2D eigenvalue weighted by atomic mass is 9.81. The maximum Gasteiger partial charge on any atom is 0.250 e. The summed E-state index contributed by atoms with van der Waals surface area (Å²) < 4.78 is 27.8. The van der Waals surface area contributed by atoms with Crippen molar-refractivity contribution in [1.29, 1.82) is 0 Å². The van der Waals surface area contributed by atoms with E-state index >= 15 is 0 Å². The fourth-order valence-corrected chi connectivity index (χ4v) is 5.45. The predicted octanol–water partition coefficient (Wildman–Crippen LogP) is 2.31. The standard InChI is InChI=1S/C13H22N2O2S2/c1-9-5-10(2)7-11(6-9)15-19(16,17)13-4-3-12(8-14)18-13/h3-4,9-11,15H,5-8,14H2,1-2H3. The molecule has 1 aromatic heterocycles. The van der Waals surface area contributed by atoms with E-state index in [1.807, 2.05) is 0 Å². The lowest BCUT2D eigenvalue weighted by Gasteiger charge is -2.31. The molecule has 1 aromatic rings. The van der Waals surface area contributed by atoms with Gasteiger partial charge in [-0.05, 0) is 43.2 Å². The van der Waals surface area contributed by atoms with E-state index in [0.29, 0.717) is 22.6 Å². The van der Waals surface area contributed by atoms with Crippen molar-refractivity contribution in [2.24, 2.45) is 17.6 Å². The van der Waals surface area contributed by atoms with Crippen LogP contribution in [0.4, 0.5) is 0 Å². The van der Waals surface area contributed by atoms with Gasteiger partial charge in [0.15, 0.2) is 0 Å². The van der Waals surface area contributed by atoms with Crippen molar-refractivity contribution in [2.75, 3.05) is 0 Å². The molecular formula is C13H22N2O2S2. The first kappa shape index (κ1) is 15.0. The van der Waals surface area contributed by atoms with Crippen molar-refractivity contribution in [3.05, 3.63) is 17.0 Å². The first-order valence-electron chi connectivity index (χ1n) is 6.72. The number of sulfonamides is 1. The van der Waals surface area contributed by atoms with E-state index in [2.05, 4.69) is 18.6 Å². The quantitative estimate of drug-likeness (QED) is 0.896. The average molecular weight is 302 g/mol. The Kier molecular flexibility index (Phi) is 4.66. The van der Waals surface area contributed by atoms with Crippen molar-refractivity contribution >= 4 is 21.4 Å². The summed E-state index contributed by atoms with van der Waals surface area (Å²) in [5.41, 5.74) is 5.52. The lowest BCUT2D eigenvalue weighted by Crippen LogP contribution is -2.39. The molecule has 19 heavy (non-hydrogen) atoms. The van der Waals surface area contributed by atoms with Crippen LogP contribution in [0.1, 0.15) is 38.0 Å². The van der Waals surface area contributed by atoms with E-state index in [9.17, 15) is 8.42 Å². The first-order chi connectivity index (χ1) is 8.90. The number of rotatable bonds is 4. The molecule has 0 aliphatic heterocycles. The number of nitrogens with one attached hydrogen (secondary N) is 1. The molecule has 108 valence electrons. The molecule has 1 saturated carbocycles. The maximum atomic E-state index is 12.3. The van der Waals surface area contributed by atoms with Gasteiger partial charge < -0.3 is 5.73 Å². The Morgan fingerprint density at radius 2 is 1.89 bits per heavy atom. The van der Waals surface area contributed by atoms with Gasteiger partial charge in [0.1, 0.15) is 4.21 Å². The molecule has 2 atom stereocenters. The van der Waals surface area contributed by atoms with Crippen LogP contribution in [0.15, 0.2) is 16.3 Å². The fraction of sp³-hybridized carbons (Fsp3) is 0.692. The molecule has 0 bridgehead atoms. The van der Waals surface area contributed by atoms with Gasteiger partial charge in [-0.1, -0.05) is 13.8 Å². The molecule has 0 aromatic carbocycles. The largest absolute Gasteiger partial charge is 0.326 e. The molecule has 1 aliphatic rings. The Hall–Kier alpha value is -0.430. The summed E-state index contributed by atoms with van der Waals surface area (Å²) in [5, 5.41) is 0. The topological polar surface area (TPSA) is 72.2 Å². The monoisotopic (exact) mass is 302 g/mol. The van der Waals surface area contributed by atoms with Gasteiger partial charge in [0.2, 0.25) is 10.0 Å². The van der Waals surface area contributed by atoms with Crippen molar-refractivity contribution in [1.82, 2.24) is 4.72 Å². The normalized spacial score (nSPS) is 28.5. The molecule has 0 saturated heterocycles. The van der Waals surface area contributed by atoms with Crippen LogP contribution in [0.3, 0.4) is 0 Å². The summed E-state index contributed by atoms with van der Waals surface area (Å²) in [6.07, 6.45) is 3.05. The molecule has 2 unspecified atom stereocenters. The highest BCUT2D eigenvalue weighted by molar-refractivity contribution is 7.91. The van der Waals surface area contributed by atoms with Gasteiger partial charge in [0.25, 0.3) is 0 Å². The Balaban J connectivity index is 2.08. The van der Waals surface area contributed by atoms with E-state index in [-0.39, 0.29) is 6.04 Å². The van der Waals surface area contributed by atoms with E-state index in [1.54, 1.807) is 12.1 Å². The molecule has 0 radical (unpaired) electrons. The smallest absolute Gasteiger partial charge is 0.250 e. The van der Waals surface area contributed by atoms with Gasteiger partial charge in [-0.15, -0.1) is 11.3 Å². The van der Waals surface area contributed by atoms with Crippen LogP contribution >= 0.6 is 11.3 Å². The SMILES string of the molecule is CC1CC(C)CC(NS(=O)(=O)c2ccc(CN)s2)C1. The minimum atomic E-state index is -3.38. The Morgan fingerprint density at radius 3 is 2.42 bits per heavy atom. The highest BCUT2D eigenvalue weighted by atomic mass is 32.2. The Bertz CT molecular complexity index is 515. The van der Waals surface area contributed by atoms with Crippen molar-refractivity contribution in [2.45, 2.75) is 49.9 Å². The van der Waals surface area contributed by atoms with E-state index in [0.717, 1.165) is 17.7 Å². The molecular weight excluding hydrogens is 280 g/mol. The highest BCUT2D eigenvalue weighted by Gasteiger charge is 2.28. The van der Waals surface area contributed by atoms with Gasteiger partial charge in [-0.2, -0.15) is 0 Å². The third-order valence-electron chi connectivity index (χ3n) is 3.60. The summed E-state index contributed by atoms with van der Waals surface area (Å²) in [6.45, 7) is 4.76. The molecule has 2 rings (SSSR count). The molecule has 6 heteroatoms. The second kappa shape index (κ2) is 5.91. The zero-order valence-electron chi connectivity index (χ0n) is 11.4. The van der Waals surface area contributed by atoms with Crippen LogP contribution in [0.5, 0.6) is 0 Å². The van der Waals surface area contributed by atoms with Crippen molar-refractivity contribution in [3.63, 3.8) is 0 Å². The predicted molar refractivity (Wildman–Crippen MR) is 78.5 cm³/mol. The van der Waals surface area contributed by atoms with Gasteiger partial charge in [-0.3, -0.25) is 0 Å². The van der Waals surface area contributed by atoms with Gasteiger partial charge >= 0.3 is 0 Å². The minimum Gasteiger partial charge on any atom is -0.326 e. The summed E-state index contributed by atoms with van der Waals surface area (Å²) in [4.78, 5) is 0.894. The average Bonchev–Trinajstić information content (AvgIpc) is 2.75.